The lowest BCUT2D eigenvalue weighted by Gasteiger charge is -2.37. The van der Waals surface area contributed by atoms with Crippen LogP contribution in [0.3, 0.4) is 0 Å². The first-order valence-corrected chi connectivity index (χ1v) is 5.99. The van der Waals surface area contributed by atoms with Crippen LogP contribution in [0.4, 0.5) is 5.69 Å². The predicted molar refractivity (Wildman–Crippen MR) is 66.4 cm³/mol. The van der Waals surface area contributed by atoms with Crippen LogP contribution in [0.2, 0.25) is 5.02 Å². The normalized spacial score (nSPS) is 20.6. The van der Waals surface area contributed by atoms with Gasteiger partial charge in [0.1, 0.15) is 0 Å². The highest BCUT2D eigenvalue weighted by Gasteiger charge is 2.25. The molecule has 94 valence electrons. The SMILES string of the molecule is OCc1cccc(Cl)c1N1CCOCC1CO. The third kappa shape index (κ3) is 2.55. The summed E-state index contributed by atoms with van der Waals surface area (Å²) in [7, 11) is 0. The molecule has 0 spiro atoms. The standard InChI is InChI=1S/C12H16ClNO3/c13-11-3-1-2-9(6-15)12(11)14-4-5-17-8-10(14)7-16/h1-3,10,15-16H,4-8H2. The first kappa shape index (κ1) is 12.6. The minimum Gasteiger partial charge on any atom is -0.394 e. The molecule has 5 heteroatoms. The van der Waals surface area contributed by atoms with Crippen molar-refractivity contribution in [3.05, 3.63) is 28.8 Å². The molecule has 1 heterocycles. The van der Waals surface area contributed by atoms with Crippen LogP contribution in [0.15, 0.2) is 18.2 Å². The van der Waals surface area contributed by atoms with E-state index in [1.54, 1.807) is 6.07 Å². The number of anilines is 1. The number of nitrogens with zero attached hydrogens (tertiary/aromatic N) is 1. The molecule has 0 bridgehead atoms. The van der Waals surface area contributed by atoms with Gasteiger partial charge in [0.2, 0.25) is 0 Å². The zero-order valence-electron chi connectivity index (χ0n) is 9.47. The van der Waals surface area contributed by atoms with Gasteiger partial charge < -0.3 is 19.8 Å². The van der Waals surface area contributed by atoms with E-state index >= 15 is 0 Å². The van der Waals surface area contributed by atoms with Crippen molar-refractivity contribution in [1.29, 1.82) is 0 Å². The number of morpholine rings is 1. The number of benzene rings is 1. The van der Waals surface area contributed by atoms with E-state index in [2.05, 4.69) is 0 Å². The third-order valence-electron chi connectivity index (χ3n) is 2.97. The van der Waals surface area contributed by atoms with E-state index in [4.69, 9.17) is 16.3 Å². The number of ether oxygens (including phenoxy) is 1. The van der Waals surface area contributed by atoms with E-state index in [1.165, 1.54) is 0 Å². The molecule has 1 atom stereocenters. The van der Waals surface area contributed by atoms with Gasteiger partial charge >= 0.3 is 0 Å². The van der Waals surface area contributed by atoms with Gasteiger partial charge in [-0.05, 0) is 6.07 Å². The molecule has 0 saturated carbocycles. The summed E-state index contributed by atoms with van der Waals surface area (Å²) in [6, 6.07) is 5.34. The molecular weight excluding hydrogens is 242 g/mol. The molecule has 1 aliphatic rings. The van der Waals surface area contributed by atoms with Gasteiger partial charge in [0.15, 0.2) is 0 Å². The van der Waals surface area contributed by atoms with Gasteiger partial charge in [-0.25, -0.2) is 0 Å². The van der Waals surface area contributed by atoms with E-state index in [0.29, 0.717) is 24.8 Å². The van der Waals surface area contributed by atoms with Crippen molar-refractivity contribution in [2.24, 2.45) is 0 Å². The summed E-state index contributed by atoms with van der Waals surface area (Å²) in [6.07, 6.45) is 0. The number of hydrogen-bond acceptors (Lipinski definition) is 4. The van der Waals surface area contributed by atoms with E-state index in [-0.39, 0.29) is 19.3 Å². The first-order valence-electron chi connectivity index (χ1n) is 5.61. The summed E-state index contributed by atoms with van der Waals surface area (Å²) < 4.78 is 5.33. The van der Waals surface area contributed by atoms with E-state index in [1.807, 2.05) is 17.0 Å². The Morgan fingerprint density at radius 3 is 2.94 bits per heavy atom. The van der Waals surface area contributed by atoms with Gasteiger partial charge in [0.25, 0.3) is 0 Å². The van der Waals surface area contributed by atoms with Crippen LogP contribution in [0, 0.1) is 0 Å². The topological polar surface area (TPSA) is 52.9 Å². The molecule has 0 aliphatic carbocycles. The molecular formula is C12H16ClNO3. The lowest BCUT2D eigenvalue weighted by Crippen LogP contribution is -2.48. The number of hydrogen-bond donors (Lipinski definition) is 2. The Kier molecular flexibility index (Phi) is 4.23. The molecule has 2 N–H and O–H groups in total. The Bertz CT molecular complexity index is 386. The Balaban J connectivity index is 2.36. The molecule has 0 aromatic heterocycles. The fourth-order valence-electron chi connectivity index (χ4n) is 2.11. The summed E-state index contributed by atoms with van der Waals surface area (Å²) >= 11 is 6.19. The first-order chi connectivity index (χ1) is 8.27. The van der Waals surface area contributed by atoms with Crippen LogP contribution in [0.1, 0.15) is 5.56 Å². The summed E-state index contributed by atoms with van der Waals surface area (Å²) in [5, 5.41) is 19.3. The largest absolute Gasteiger partial charge is 0.394 e. The van der Waals surface area contributed by atoms with Gasteiger partial charge in [0.05, 0.1) is 43.2 Å². The third-order valence-corrected chi connectivity index (χ3v) is 3.27. The maximum absolute atomic E-state index is 9.35. The van der Waals surface area contributed by atoms with Gasteiger partial charge in [-0.3, -0.25) is 0 Å². The zero-order valence-corrected chi connectivity index (χ0v) is 10.2. The monoisotopic (exact) mass is 257 g/mol. The fraction of sp³-hybridized carbons (Fsp3) is 0.500. The second-order valence-corrected chi connectivity index (χ2v) is 4.42. The molecule has 2 rings (SSSR count). The average molecular weight is 258 g/mol. The highest BCUT2D eigenvalue weighted by molar-refractivity contribution is 6.33. The van der Waals surface area contributed by atoms with Crippen LogP contribution in [-0.2, 0) is 11.3 Å². The zero-order chi connectivity index (χ0) is 12.3. The van der Waals surface area contributed by atoms with Crippen molar-refractivity contribution < 1.29 is 14.9 Å². The van der Waals surface area contributed by atoms with Crippen LogP contribution < -0.4 is 4.90 Å². The van der Waals surface area contributed by atoms with Crippen LogP contribution >= 0.6 is 11.6 Å². The van der Waals surface area contributed by atoms with Crippen molar-refractivity contribution in [2.75, 3.05) is 31.3 Å². The van der Waals surface area contributed by atoms with Crippen molar-refractivity contribution in [3.63, 3.8) is 0 Å². The summed E-state index contributed by atoms with van der Waals surface area (Å²) in [5.74, 6) is 0. The van der Waals surface area contributed by atoms with Crippen LogP contribution in [0.5, 0.6) is 0 Å². The lowest BCUT2D eigenvalue weighted by molar-refractivity contribution is 0.0725. The molecule has 4 nitrogen and oxygen atoms in total. The fourth-order valence-corrected chi connectivity index (χ4v) is 2.41. The number of halogens is 1. The number of para-hydroxylation sites is 1. The smallest absolute Gasteiger partial charge is 0.0756 e. The number of rotatable bonds is 3. The molecule has 0 amide bonds. The molecule has 1 saturated heterocycles. The lowest BCUT2D eigenvalue weighted by atomic mass is 10.1. The van der Waals surface area contributed by atoms with E-state index in [0.717, 1.165) is 11.3 Å². The highest BCUT2D eigenvalue weighted by atomic mass is 35.5. The Labute approximate surface area is 105 Å². The van der Waals surface area contributed by atoms with Crippen LogP contribution in [0.25, 0.3) is 0 Å². The molecule has 1 unspecified atom stereocenters. The minimum absolute atomic E-state index is 0.0100. The second-order valence-electron chi connectivity index (χ2n) is 4.01. The second kappa shape index (κ2) is 5.69. The van der Waals surface area contributed by atoms with E-state index in [9.17, 15) is 10.2 Å². The number of aliphatic hydroxyl groups excluding tert-OH is 2. The maximum atomic E-state index is 9.35. The molecule has 17 heavy (non-hydrogen) atoms. The predicted octanol–water partition coefficient (Wildman–Crippen LogP) is 1.03. The van der Waals surface area contributed by atoms with Gasteiger partial charge in [-0.2, -0.15) is 0 Å². The Hall–Kier alpha value is -0.810. The maximum Gasteiger partial charge on any atom is 0.0756 e. The van der Waals surface area contributed by atoms with Crippen molar-refractivity contribution in [2.45, 2.75) is 12.6 Å². The average Bonchev–Trinajstić information content (AvgIpc) is 2.38. The summed E-state index contributed by atoms with van der Waals surface area (Å²) in [6.45, 7) is 1.70. The Morgan fingerprint density at radius 2 is 2.24 bits per heavy atom. The number of aliphatic hydroxyl groups is 2. The van der Waals surface area contributed by atoms with Gasteiger partial charge in [-0.15, -0.1) is 0 Å². The molecule has 1 aromatic carbocycles. The van der Waals surface area contributed by atoms with Gasteiger partial charge in [-0.1, -0.05) is 23.7 Å². The summed E-state index contributed by atoms with van der Waals surface area (Å²) in [4.78, 5) is 2.01. The Morgan fingerprint density at radius 1 is 1.41 bits per heavy atom. The minimum atomic E-state index is -0.103. The molecule has 1 aromatic rings. The summed E-state index contributed by atoms with van der Waals surface area (Å²) in [5.41, 5.74) is 1.58. The molecule has 0 radical (unpaired) electrons. The van der Waals surface area contributed by atoms with E-state index < -0.39 is 0 Å². The molecule has 1 aliphatic heterocycles. The van der Waals surface area contributed by atoms with Crippen molar-refractivity contribution in [3.8, 4) is 0 Å². The quantitative estimate of drug-likeness (QED) is 0.849. The van der Waals surface area contributed by atoms with Crippen molar-refractivity contribution >= 4 is 17.3 Å². The highest BCUT2D eigenvalue weighted by Crippen LogP contribution is 2.32. The molecule has 1 fully saturated rings. The van der Waals surface area contributed by atoms with Crippen LogP contribution in [-0.4, -0.2) is 42.6 Å². The van der Waals surface area contributed by atoms with Gasteiger partial charge in [0, 0.05) is 12.1 Å². The van der Waals surface area contributed by atoms with Crippen molar-refractivity contribution in [1.82, 2.24) is 0 Å².